The first-order valence-corrected chi connectivity index (χ1v) is 9.93. The number of halogens is 1. The van der Waals surface area contributed by atoms with E-state index in [1.807, 2.05) is 4.90 Å². The molecule has 6 heteroatoms. The monoisotopic (exact) mass is 386 g/mol. The maximum Gasteiger partial charge on any atom is 0.291 e. The van der Waals surface area contributed by atoms with Gasteiger partial charge in [-0.2, -0.15) is 0 Å². The molecule has 1 aliphatic heterocycles. The molecule has 1 saturated carbocycles. The molecule has 1 aromatic carbocycles. The molecule has 2 aliphatic rings. The molecule has 1 aromatic heterocycles. The lowest BCUT2D eigenvalue weighted by molar-refractivity contribution is 0.0521. The van der Waals surface area contributed by atoms with Crippen molar-refractivity contribution in [2.45, 2.75) is 32.1 Å². The van der Waals surface area contributed by atoms with Crippen LogP contribution in [0.3, 0.4) is 0 Å². The van der Waals surface area contributed by atoms with Crippen LogP contribution in [0.5, 0.6) is 0 Å². The van der Waals surface area contributed by atoms with E-state index in [0.717, 1.165) is 25.4 Å². The van der Waals surface area contributed by atoms with Crippen molar-refractivity contribution >= 4 is 29.1 Å². The summed E-state index contributed by atoms with van der Waals surface area (Å²) in [4.78, 5) is 27.0. The number of nitrogens with one attached hydrogen (secondary N) is 1. The van der Waals surface area contributed by atoms with Gasteiger partial charge in [0.25, 0.3) is 11.8 Å². The van der Waals surface area contributed by atoms with E-state index in [-0.39, 0.29) is 17.6 Å². The zero-order valence-electron chi connectivity index (χ0n) is 15.1. The van der Waals surface area contributed by atoms with Crippen molar-refractivity contribution in [2.75, 3.05) is 18.4 Å². The van der Waals surface area contributed by atoms with Gasteiger partial charge in [-0.1, -0.05) is 30.9 Å². The van der Waals surface area contributed by atoms with Crippen LogP contribution in [-0.4, -0.2) is 29.8 Å². The van der Waals surface area contributed by atoms with Crippen LogP contribution in [0.15, 0.2) is 41.0 Å². The third-order valence-corrected chi connectivity index (χ3v) is 6.09. The Morgan fingerprint density at radius 1 is 1.11 bits per heavy atom. The minimum atomic E-state index is -0.352. The summed E-state index contributed by atoms with van der Waals surface area (Å²) in [6, 6.07) is 8.24. The van der Waals surface area contributed by atoms with Crippen molar-refractivity contribution in [3.05, 3.63) is 52.9 Å². The molecule has 142 valence electrons. The number of carbonyl (C=O) groups is 2. The molecule has 1 N–H and O–H groups in total. The predicted molar refractivity (Wildman–Crippen MR) is 104 cm³/mol. The Morgan fingerprint density at radius 2 is 1.93 bits per heavy atom. The molecule has 0 radical (unpaired) electrons. The van der Waals surface area contributed by atoms with E-state index in [2.05, 4.69) is 5.32 Å². The first-order valence-electron chi connectivity index (χ1n) is 9.55. The molecular weight excluding hydrogens is 364 g/mol. The second-order valence-electron chi connectivity index (χ2n) is 7.47. The van der Waals surface area contributed by atoms with E-state index >= 15 is 0 Å². The number of fused-ring (bicyclic) bond motifs is 1. The van der Waals surface area contributed by atoms with Crippen LogP contribution in [0.25, 0.3) is 0 Å². The highest BCUT2D eigenvalue weighted by Gasteiger charge is 2.33. The Kier molecular flexibility index (Phi) is 5.21. The van der Waals surface area contributed by atoms with Crippen LogP contribution in [0, 0.1) is 11.8 Å². The van der Waals surface area contributed by atoms with Gasteiger partial charge in [-0.3, -0.25) is 9.59 Å². The van der Waals surface area contributed by atoms with Gasteiger partial charge in [0.05, 0.1) is 16.8 Å². The summed E-state index contributed by atoms with van der Waals surface area (Å²) >= 11 is 6.37. The molecule has 0 unspecified atom stereocenters. The Labute approximate surface area is 163 Å². The van der Waals surface area contributed by atoms with Crippen LogP contribution >= 0.6 is 11.6 Å². The second-order valence-corrected chi connectivity index (χ2v) is 7.88. The Morgan fingerprint density at radius 3 is 2.67 bits per heavy atom. The summed E-state index contributed by atoms with van der Waals surface area (Å²) in [6.07, 6.45) is 7.65. The number of rotatable bonds is 3. The fourth-order valence-corrected chi connectivity index (χ4v) is 4.58. The molecule has 0 bridgehead atoms. The lowest BCUT2D eigenvalue weighted by Crippen LogP contribution is -2.44. The summed E-state index contributed by atoms with van der Waals surface area (Å²) in [5.74, 6) is 1.25. The summed E-state index contributed by atoms with van der Waals surface area (Å²) < 4.78 is 5.08. The van der Waals surface area contributed by atoms with Crippen molar-refractivity contribution in [2.24, 2.45) is 11.8 Å². The number of anilines is 1. The number of furan rings is 1. The van der Waals surface area contributed by atoms with Gasteiger partial charge in [0.1, 0.15) is 0 Å². The number of hydrogen-bond donors (Lipinski definition) is 1. The van der Waals surface area contributed by atoms with Crippen LogP contribution in [0.2, 0.25) is 5.02 Å². The highest BCUT2D eigenvalue weighted by molar-refractivity contribution is 6.34. The fraction of sp³-hybridized carbons (Fsp3) is 0.429. The third-order valence-electron chi connectivity index (χ3n) is 5.78. The maximum atomic E-state index is 13.0. The Balaban J connectivity index is 1.44. The van der Waals surface area contributed by atoms with Gasteiger partial charge in [-0.05, 0) is 55.0 Å². The maximum absolute atomic E-state index is 13.0. The topological polar surface area (TPSA) is 62.6 Å². The van der Waals surface area contributed by atoms with Gasteiger partial charge in [-0.15, -0.1) is 0 Å². The van der Waals surface area contributed by atoms with Crippen molar-refractivity contribution in [3.63, 3.8) is 0 Å². The number of piperidine rings is 1. The SMILES string of the molecule is O=C(Nc1ccc(C(=O)N2CC[C@H]3CCCC[C@H]3C2)c(Cl)c1)c1ccco1. The lowest BCUT2D eigenvalue weighted by Gasteiger charge is -2.41. The van der Waals surface area contributed by atoms with Crippen LogP contribution < -0.4 is 5.32 Å². The highest BCUT2D eigenvalue weighted by Crippen LogP contribution is 2.36. The Bertz CT molecular complexity index is 834. The smallest absolute Gasteiger partial charge is 0.291 e. The third kappa shape index (κ3) is 3.88. The molecule has 2 aromatic rings. The minimum Gasteiger partial charge on any atom is -0.459 e. The molecule has 0 spiro atoms. The molecule has 27 heavy (non-hydrogen) atoms. The molecule has 1 aliphatic carbocycles. The van der Waals surface area contributed by atoms with Gasteiger partial charge in [0, 0.05) is 18.8 Å². The minimum absolute atomic E-state index is 0.0204. The quantitative estimate of drug-likeness (QED) is 0.821. The van der Waals surface area contributed by atoms with Crippen molar-refractivity contribution in [3.8, 4) is 0 Å². The molecular formula is C21H23ClN2O3. The number of hydrogen-bond acceptors (Lipinski definition) is 3. The number of benzene rings is 1. The molecule has 2 heterocycles. The lowest BCUT2D eigenvalue weighted by atomic mass is 9.75. The summed E-state index contributed by atoms with van der Waals surface area (Å²) in [6.45, 7) is 1.63. The molecule has 2 fully saturated rings. The Hall–Kier alpha value is -2.27. The van der Waals surface area contributed by atoms with E-state index in [1.165, 1.54) is 31.9 Å². The first kappa shape index (κ1) is 18.1. The van der Waals surface area contributed by atoms with Gasteiger partial charge in [0.15, 0.2) is 5.76 Å². The average Bonchev–Trinajstić information content (AvgIpc) is 3.22. The average molecular weight is 387 g/mol. The van der Waals surface area contributed by atoms with Crippen molar-refractivity contribution in [1.29, 1.82) is 0 Å². The largest absolute Gasteiger partial charge is 0.459 e. The number of carbonyl (C=O) groups excluding carboxylic acids is 2. The number of nitrogens with zero attached hydrogens (tertiary/aromatic N) is 1. The first-order chi connectivity index (χ1) is 13.1. The highest BCUT2D eigenvalue weighted by atomic mass is 35.5. The van der Waals surface area contributed by atoms with Gasteiger partial charge in [0.2, 0.25) is 0 Å². The molecule has 2 atom stereocenters. The van der Waals surface area contributed by atoms with Gasteiger partial charge < -0.3 is 14.6 Å². The van der Waals surface area contributed by atoms with E-state index in [0.29, 0.717) is 22.2 Å². The molecule has 4 rings (SSSR count). The van der Waals surface area contributed by atoms with E-state index in [9.17, 15) is 9.59 Å². The van der Waals surface area contributed by atoms with E-state index in [4.69, 9.17) is 16.0 Å². The van der Waals surface area contributed by atoms with E-state index in [1.54, 1.807) is 30.3 Å². The van der Waals surface area contributed by atoms with Gasteiger partial charge >= 0.3 is 0 Å². The number of likely N-dealkylation sites (tertiary alicyclic amines) is 1. The molecule has 1 saturated heterocycles. The molecule has 5 nitrogen and oxygen atoms in total. The second kappa shape index (κ2) is 7.77. The van der Waals surface area contributed by atoms with Crippen molar-refractivity contribution < 1.29 is 14.0 Å². The van der Waals surface area contributed by atoms with Gasteiger partial charge in [-0.25, -0.2) is 0 Å². The van der Waals surface area contributed by atoms with Crippen LogP contribution in [0.4, 0.5) is 5.69 Å². The van der Waals surface area contributed by atoms with Crippen LogP contribution in [0.1, 0.15) is 53.0 Å². The number of amides is 2. The zero-order valence-corrected chi connectivity index (χ0v) is 15.9. The summed E-state index contributed by atoms with van der Waals surface area (Å²) in [5.41, 5.74) is 1.02. The normalized spacial score (nSPS) is 22.2. The standard InChI is InChI=1S/C21H23ClN2O3/c22-18-12-16(23-20(25)19-6-3-11-27-19)7-8-17(18)21(26)24-10-9-14-4-1-2-5-15(14)13-24/h3,6-8,11-12,14-15H,1-2,4-5,9-10,13H2,(H,23,25)/t14-,15+/m1/s1. The molecule has 2 amide bonds. The fourth-order valence-electron chi connectivity index (χ4n) is 4.32. The van der Waals surface area contributed by atoms with Crippen LogP contribution in [-0.2, 0) is 0 Å². The zero-order chi connectivity index (χ0) is 18.8. The van der Waals surface area contributed by atoms with Crippen molar-refractivity contribution in [1.82, 2.24) is 4.90 Å². The predicted octanol–water partition coefficient (Wildman–Crippen LogP) is 4.84. The summed E-state index contributed by atoms with van der Waals surface area (Å²) in [5, 5.41) is 3.08. The summed E-state index contributed by atoms with van der Waals surface area (Å²) in [7, 11) is 0. The van der Waals surface area contributed by atoms with E-state index < -0.39 is 0 Å².